The van der Waals surface area contributed by atoms with Crippen LogP contribution in [-0.4, -0.2) is 43.9 Å². The number of hydrogen-bond acceptors (Lipinski definition) is 6. The van der Waals surface area contributed by atoms with Crippen LogP contribution >= 0.6 is 12.2 Å². The van der Waals surface area contributed by atoms with E-state index in [-0.39, 0.29) is 11.7 Å². The van der Waals surface area contributed by atoms with Crippen molar-refractivity contribution < 1.29 is 23.8 Å². The van der Waals surface area contributed by atoms with Gasteiger partial charge in [0.15, 0.2) is 11.7 Å². The number of thiocarbonyl (C=S) groups is 1. The molecule has 0 saturated carbocycles. The highest BCUT2D eigenvalue weighted by Gasteiger charge is 2.14. The Morgan fingerprint density at radius 1 is 0.929 bits per heavy atom. The molecule has 0 bridgehead atoms. The lowest BCUT2D eigenvalue weighted by atomic mass is 10.2. The molecule has 0 heterocycles. The molecule has 0 spiro atoms. The van der Waals surface area contributed by atoms with Crippen molar-refractivity contribution in [2.75, 3.05) is 26.9 Å². The zero-order valence-electron chi connectivity index (χ0n) is 15.3. The van der Waals surface area contributed by atoms with E-state index in [4.69, 9.17) is 26.4 Å². The van der Waals surface area contributed by atoms with Crippen molar-refractivity contribution in [1.29, 1.82) is 0 Å². The first-order valence-electron chi connectivity index (χ1n) is 8.39. The maximum Gasteiger partial charge on any atom is 0.276 e. The number of methoxy groups -OCH3 is 1. The number of carbonyl (C=O) groups is 2. The predicted molar refractivity (Wildman–Crippen MR) is 107 cm³/mol. The highest BCUT2D eigenvalue weighted by molar-refractivity contribution is 7.80. The maximum absolute atomic E-state index is 12.4. The summed E-state index contributed by atoms with van der Waals surface area (Å²) in [6, 6.07) is 15.6. The van der Waals surface area contributed by atoms with Crippen LogP contribution < -0.4 is 25.6 Å². The van der Waals surface area contributed by atoms with Gasteiger partial charge in [0, 0.05) is 7.11 Å². The number of para-hydroxylation sites is 2. The van der Waals surface area contributed by atoms with Crippen molar-refractivity contribution in [3.8, 4) is 11.5 Å². The standard InChI is InChI=1S/C19H21N3O5S/c1-25-11-12-26-16-10-6-5-9-15(16)18(24)20-19(28)22-21-17(23)13-27-14-7-3-2-4-8-14/h2-10H,11-13H2,1H3,(H,21,23)(H2,20,22,24,28). The van der Waals surface area contributed by atoms with E-state index < -0.39 is 11.8 Å². The summed E-state index contributed by atoms with van der Waals surface area (Å²) >= 11 is 5.02. The highest BCUT2D eigenvalue weighted by Crippen LogP contribution is 2.17. The monoisotopic (exact) mass is 403 g/mol. The van der Waals surface area contributed by atoms with E-state index in [1.54, 1.807) is 55.6 Å². The van der Waals surface area contributed by atoms with Crippen LogP contribution in [0.1, 0.15) is 10.4 Å². The van der Waals surface area contributed by atoms with Crippen LogP contribution in [0, 0.1) is 0 Å². The summed E-state index contributed by atoms with van der Waals surface area (Å²) in [4.78, 5) is 24.2. The van der Waals surface area contributed by atoms with Gasteiger partial charge in [-0.3, -0.25) is 25.8 Å². The molecule has 0 aromatic heterocycles. The minimum absolute atomic E-state index is 0.0650. The molecule has 2 rings (SSSR count). The van der Waals surface area contributed by atoms with Crippen LogP contribution in [0.5, 0.6) is 11.5 Å². The molecule has 28 heavy (non-hydrogen) atoms. The van der Waals surface area contributed by atoms with E-state index in [1.165, 1.54) is 0 Å². The third-order valence-corrected chi connectivity index (χ3v) is 3.54. The van der Waals surface area contributed by atoms with Crippen molar-refractivity contribution in [2.45, 2.75) is 0 Å². The van der Waals surface area contributed by atoms with Gasteiger partial charge >= 0.3 is 0 Å². The van der Waals surface area contributed by atoms with Gasteiger partial charge in [0.2, 0.25) is 0 Å². The molecule has 0 aliphatic carbocycles. The summed E-state index contributed by atoms with van der Waals surface area (Å²) < 4.78 is 15.7. The Hall–Kier alpha value is -3.17. The normalized spacial score (nSPS) is 9.89. The Kier molecular flexibility index (Phi) is 8.70. The molecule has 0 fully saturated rings. The largest absolute Gasteiger partial charge is 0.490 e. The van der Waals surface area contributed by atoms with E-state index in [0.29, 0.717) is 30.3 Å². The van der Waals surface area contributed by atoms with E-state index in [1.807, 2.05) is 6.07 Å². The highest BCUT2D eigenvalue weighted by atomic mass is 32.1. The van der Waals surface area contributed by atoms with Crippen molar-refractivity contribution >= 4 is 29.1 Å². The van der Waals surface area contributed by atoms with Crippen LogP contribution in [0.3, 0.4) is 0 Å². The van der Waals surface area contributed by atoms with Gasteiger partial charge in [-0.15, -0.1) is 0 Å². The molecule has 0 saturated heterocycles. The third kappa shape index (κ3) is 7.22. The molecule has 0 atom stereocenters. The summed E-state index contributed by atoms with van der Waals surface area (Å²) in [5.74, 6) is 0.0443. The van der Waals surface area contributed by atoms with Gasteiger partial charge in [0.25, 0.3) is 11.8 Å². The van der Waals surface area contributed by atoms with Gasteiger partial charge in [-0.1, -0.05) is 30.3 Å². The molecule has 2 amide bonds. The van der Waals surface area contributed by atoms with Crippen LogP contribution in [0.25, 0.3) is 0 Å². The molecule has 0 aliphatic heterocycles. The second-order valence-electron chi connectivity index (χ2n) is 5.40. The van der Waals surface area contributed by atoms with E-state index >= 15 is 0 Å². The van der Waals surface area contributed by atoms with Crippen molar-refractivity contribution in [3.63, 3.8) is 0 Å². The van der Waals surface area contributed by atoms with Gasteiger partial charge in [0.1, 0.15) is 18.1 Å². The molecule has 2 aromatic carbocycles. The average Bonchev–Trinajstić information content (AvgIpc) is 2.72. The Bertz CT molecular complexity index is 801. The Morgan fingerprint density at radius 3 is 2.39 bits per heavy atom. The van der Waals surface area contributed by atoms with E-state index in [0.717, 1.165) is 0 Å². The smallest absolute Gasteiger partial charge is 0.276 e. The maximum atomic E-state index is 12.4. The van der Waals surface area contributed by atoms with Crippen molar-refractivity contribution in [3.05, 3.63) is 60.2 Å². The van der Waals surface area contributed by atoms with Crippen molar-refractivity contribution in [1.82, 2.24) is 16.2 Å². The zero-order valence-corrected chi connectivity index (χ0v) is 16.1. The lowest BCUT2D eigenvalue weighted by Gasteiger charge is -2.13. The third-order valence-electron chi connectivity index (χ3n) is 3.33. The van der Waals surface area contributed by atoms with E-state index in [2.05, 4.69) is 16.2 Å². The van der Waals surface area contributed by atoms with Crippen LogP contribution in [-0.2, 0) is 9.53 Å². The molecule has 9 heteroatoms. The molecule has 2 aromatic rings. The van der Waals surface area contributed by atoms with Gasteiger partial charge < -0.3 is 14.2 Å². The number of nitrogens with one attached hydrogen (secondary N) is 3. The first-order valence-corrected chi connectivity index (χ1v) is 8.79. The van der Waals surface area contributed by atoms with Gasteiger partial charge in [-0.05, 0) is 36.5 Å². The summed E-state index contributed by atoms with van der Waals surface area (Å²) in [6.45, 7) is 0.498. The summed E-state index contributed by atoms with van der Waals surface area (Å²) in [5, 5.41) is 2.41. The molecule has 148 valence electrons. The van der Waals surface area contributed by atoms with Gasteiger partial charge in [0.05, 0.1) is 12.2 Å². The lowest BCUT2D eigenvalue weighted by Crippen LogP contribution is -2.49. The van der Waals surface area contributed by atoms with Gasteiger partial charge in [-0.25, -0.2) is 0 Å². The number of hydrogen-bond donors (Lipinski definition) is 3. The first kappa shape index (κ1) is 21.1. The quantitative estimate of drug-likeness (QED) is 0.348. The number of carbonyl (C=O) groups excluding carboxylic acids is 2. The predicted octanol–water partition coefficient (Wildman–Crippen LogP) is 1.43. The van der Waals surface area contributed by atoms with E-state index in [9.17, 15) is 9.59 Å². The second kappa shape index (κ2) is 11.5. The topological polar surface area (TPSA) is 97.9 Å². The van der Waals surface area contributed by atoms with Crippen molar-refractivity contribution in [2.24, 2.45) is 0 Å². The summed E-state index contributed by atoms with van der Waals surface area (Å²) in [6.07, 6.45) is 0. The number of hydrazine groups is 1. The Morgan fingerprint density at radius 2 is 1.64 bits per heavy atom. The molecule has 8 nitrogen and oxygen atoms in total. The molecule has 0 unspecified atom stereocenters. The molecule has 0 radical (unpaired) electrons. The minimum atomic E-state index is -0.472. The molecular weight excluding hydrogens is 382 g/mol. The molecule has 0 aliphatic rings. The Balaban J connectivity index is 1.78. The number of rotatable bonds is 8. The molecule has 3 N–H and O–H groups in total. The van der Waals surface area contributed by atoms with Gasteiger partial charge in [-0.2, -0.15) is 0 Å². The van der Waals surface area contributed by atoms with Crippen LogP contribution in [0.15, 0.2) is 54.6 Å². The Labute approximate surface area is 168 Å². The average molecular weight is 403 g/mol. The first-order chi connectivity index (χ1) is 13.6. The summed E-state index contributed by atoms with van der Waals surface area (Å²) in [5.41, 5.74) is 5.11. The molecular formula is C19H21N3O5S. The number of ether oxygens (including phenoxy) is 3. The van der Waals surface area contributed by atoms with Crippen LogP contribution in [0.2, 0.25) is 0 Å². The second-order valence-corrected chi connectivity index (χ2v) is 5.80. The number of benzene rings is 2. The fraction of sp³-hybridized carbons (Fsp3) is 0.211. The summed E-state index contributed by atoms with van der Waals surface area (Å²) in [7, 11) is 1.56. The van der Waals surface area contributed by atoms with Crippen LogP contribution in [0.4, 0.5) is 0 Å². The SMILES string of the molecule is COCCOc1ccccc1C(=O)NC(=S)NNC(=O)COc1ccccc1. The lowest BCUT2D eigenvalue weighted by molar-refractivity contribution is -0.123. The zero-order chi connectivity index (χ0) is 20.2. The minimum Gasteiger partial charge on any atom is -0.490 e. The fourth-order valence-corrected chi connectivity index (χ4v) is 2.19. The number of amides is 2. The fourth-order valence-electron chi connectivity index (χ4n) is 2.04.